The molecule has 7 heteroatoms. The number of allylic oxidation sites excluding steroid dienone is 3. The fourth-order valence-electron chi connectivity index (χ4n) is 5.48. The summed E-state index contributed by atoms with van der Waals surface area (Å²) in [6.45, 7) is 4.10. The Morgan fingerprint density at radius 2 is 2.03 bits per heavy atom. The molecule has 0 radical (unpaired) electrons. The Labute approximate surface area is 182 Å². The van der Waals surface area contributed by atoms with Gasteiger partial charge in [0.2, 0.25) is 0 Å². The van der Waals surface area contributed by atoms with E-state index < -0.39 is 11.7 Å². The quantitative estimate of drug-likeness (QED) is 0.615. The molecule has 0 aromatic carbocycles. The van der Waals surface area contributed by atoms with Crippen LogP contribution in [0.4, 0.5) is 13.2 Å². The van der Waals surface area contributed by atoms with E-state index in [0.717, 1.165) is 51.8 Å². The number of hydrogen-bond donors (Lipinski definition) is 2. The summed E-state index contributed by atoms with van der Waals surface area (Å²) in [5.74, 6) is 0. The average Bonchev–Trinajstić information content (AvgIpc) is 3.19. The highest BCUT2D eigenvalue weighted by Gasteiger charge is 2.48. The first-order chi connectivity index (χ1) is 14.8. The third-order valence-corrected chi connectivity index (χ3v) is 7.10. The fraction of sp³-hybridized carbons (Fsp3) is 0.625. The molecule has 1 aromatic heterocycles. The Hall–Kier alpha value is -1.86. The van der Waals surface area contributed by atoms with Crippen molar-refractivity contribution in [3.05, 3.63) is 53.0 Å². The van der Waals surface area contributed by atoms with Gasteiger partial charge in [-0.15, -0.1) is 0 Å². The number of rotatable bonds is 6. The third-order valence-electron chi connectivity index (χ3n) is 7.10. The van der Waals surface area contributed by atoms with Gasteiger partial charge in [0.05, 0.1) is 11.2 Å². The Morgan fingerprint density at radius 1 is 1.23 bits per heavy atom. The molecule has 31 heavy (non-hydrogen) atoms. The average molecular weight is 436 g/mol. The molecule has 3 heterocycles. The molecule has 170 valence electrons. The van der Waals surface area contributed by atoms with E-state index in [2.05, 4.69) is 33.8 Å². The molecule has 1 aliphatic carbocycles. The van der Waals surface area contributed by atoms with Gasteiger partial charge in [0.1, 0.15) is 0 Å². The minimum atomic E-state index is -4.37. The van der Waals surface area contributed by atoms with Gasteiger partial charge in [-0.3, -0.25) is 4.98 Å². The fourth-order valence-corrected chi connectivity index (χ4v) is 5.48. The van der Waals surface area contributed by atoms with E-state index in [1.54, 1.807) is 0 Å². The van der Waals surface area contributed by atoms with Gasteiger partial charge in [-0.25, -0.2) is 0 Å². The molecule has 3 aliphatic rings. The van der Waals surface area contributed by atoms with Crippen LogP contribution in [0.3, 0.4) is 0 Å². The normalized spacial score (nSPS) is 25.5. The second-order valence-corrected chi connectivity index (χ2v) is 9.24. The summed E-state index contributed by atoms with van der Waals surface area (Å²) in [6.07, 6.45) is 11.2. The molecular formula is C24H32F3N3O. The molecule has 1 saturated carbocycles. The second-order valence-electron chi connectivity index (χ2n) is 9.24. The van der Waals surface area contributed by atoms with Crippen LogP contribution < -0.4 is 10.6 Å². The van der Waals surface area contributed by atoms with Crippen molar-refractivity contribution in [2.75, 3.05) is 19.7 Å². The number of hydrogen-bond acceptors (Lipinski definition) is 4. The van der Waals surface area contributed by atoms with Crippen molar-refractivity contribution in [3.63, 3.8) is 0 Å². The van der Waals surface area contributed by atoms with Gasteiger partial charge in [0.25, 0.3) is 0 Å². The van der Waals surface area contributed by atoms with Crippen LogP contribution in [0.2, 0.25) is 0 Å². The number of ether oxygens (including phenoxy) is 1. The molecule has 4 rings (SSSR count). The van der Waals surface area contributed by atoms with E-state index in [-0.39, 0.29) is 16.7 Å². The maximum absolute atomic E-state index is 13.2. The van der Waals surface area contributed by atoms with Crippen molar-refractivity contribution in [1.29, 1.82) is 0 Å². The van der Waals surface area contributed by atoms with Crippen molar-refractivity contribution in [1.82, 2.24) is 15.6 Å². The molecule has 1 spiro atoms. The first-order valence-corrected chi connectivity index (χ1v) is 11.3. The minimum Gasteiger partial charge on any atom is -0.384 e. The minimum absolute atomic E-state index is 0.00951. The standard InChI is InChI=1S/C24H32F3N3O/c1-18-20(24(25,26)27)14-19(16-30-18)15-28-12-9-22(21-6-2-5-11-29-21)10-13-31-23(17-22)7-3-4-8-23/h2,5-6,14,16,28-29H,3-4,7-13,15,17H2,1H3/t22-/m1/s1. The van der Waals surface area contributed by atoms with Crippen LogP contribution in [-0.2, 0) is 17.5 Å². The number of nitrogens with one attached hydrogen (secondary N) is 2. The Kier molecular flexibility index (Phi) is 6.44. The number of nitrogens with zero attached hydrogens (tertiary/aromatic N) is 1. The highest BCUT2D eigenvalue weighted by molar-refractivity contribution is 5.27. The van der Waals surface area contributed by atoms with E-state index >= 15 is 0 Å². The van der Waals surface area contributed by atoms with Crippen LogP contribution >= 0.6 is 0 Å². The molecule has 0 bridgehead atoms. The van der Waals surface area contributed by atoms with Gasteiger partial charge < -0.3 is 15.4 Å². The van der Waals surface area contributed by atoms with Crippen LogP contribution in [0.1, 0.15) is 61.8 Å². The van der Waals surface area contributed by atoms with Crippen LogP contribution in [0.5, 0.6) is 0 Å². The lowest BCUT2D eigenvalue weighted by Gasteiger charge is -2.48. The highest BCUT2D eigenvalue weighted by Crippen LogP contribution is 2.51. The summed E-state index contributed by atoms with van der Waals surface area (Å²) in [5.41, 5.74) is 1.21. The van der Waals surface area contributed by atoms with Crippen LogP contribution in [0, 0.1) is 12.3 Å². The summed E-state index contributed by atoms with van der Waals surface area (Å²) in [6, 6.07) is 1.21. The Balaban J connectivity index is 1.43. The summed E-state index contributed by atoms with van der Waals surface area (Å²) >= 11 is 0. The molecule has 0 unspecified atom stereocenters. The van der Waals surface area contributed by atoms with Crippen LogP contribution in [0.15, 0.2) is 36.2 Å². The number of halogens is 3. The lowest BCUT2D eigenvalue weighted by atomic mass is 9.67. The zero-order valence-corrected chi connectivity index (χ0v) is 18.2. The van der Waals surface area contributed by atoms with Gasteiger partial charge >= 0.3 is 6.18 Å². The van der Waals surface area contributed by atoms with E-state index in [1.165, 1.54) is 37.7 Å². The highest BCUT2D eigenvalue weighted by atomic mass is 19.4. The van der Waals surface area contributed by atoms with Crippen molar-refractivity contribution < 1.29 is 17.9 Å². The Bertz CT molecular complexity index is 843. The van der Waals surface area contributed by atoms with E-state index in [4.69, 9.17) is 4.74 Å². The molecule has 2 aliphatic heterocycles. The topological polar surface area (TPSA) is 46.2 Å². The predicted molar refractivity (Wildman–Crippen MR) is 114 cm³/mol. The molecule has 0 amide bonds. The lowest BCUT2D eigenvalue weighted by Crippen LogP contribution is -2.48. The van der Waals surface area contributed by atoms with Crippen molar-refractivity contribution in [2.45, 2.75) is 70.2 Å². The molecular weight excluding hydrogens is 403 g/mol. The molecule has 1 atom stereocenters. The van der Waals surface area contributed by atoms with Crippen LogP contribution in [-0.4, -0.2) is 30.3 Å². The van der Waals surface area contributed by atoms with Gasteiger partial charge in [0.15, 0.2) is 0 Å². The monoisotopic (exact) mass is 435 g/mol. The predicted octanol–water partition coefficient (Wildman–Crippen LogP) is 5.04. The number of dihydropyridines is 1. The first-order valence-electron chi connectivity index (χ1n) is 11.3. The number of alkyl halides is 3. The summed E-state index contributed by atoms with van der Waals surface area (Å²) < 4.78 is 45.8. The molecule has 1 saturated heterocycles. The van der Waals surface area contributed by atoms with Gasteiger partial charge in [-0.05, 0) is 63.3 Å². The van der Waals surface area contributed by atoms with Crippen LogP contribution in [0.25, 0.3) is 0 Å². The number of aromatic nitrogens is 1. The van der Waals surface area contributed by atoms with Gasteiger partial charge in [0, 0.05) is 42.7 Å². The van der Waals surface area contributed by atoms with Gasteiger partial charge in [-0.1, -0.05) is 25.0 Å². The summed E-state index contributed by atoms with van der Waals surface area (Å²) in [7, 11) is 0. The maximum Gasteiger partial charge on any atom is 0.418 e. The third kappa shape index (κ3) is 4.98. The van der Waals surface area contributed by atoms with Crippen molar-refractivity contribution in [3.8, 4) is 0 Å². The lowest BCUT2D eigenvalue weighted by molar-refractivity contribution is -0.138. The van der Waals surface area contributed by atoms with Crippen molar-refractivity contribution >= 4 is 0 Å². The summed E-state index contributed by atoms with van der Waals surface area (Å²) in [4.78, 5) is 3.95. The molecule has 2 fully saturated rings. The number of aryl methyl sites for hydroxylation is 1. The Morgan fingerprint density at radius 3 is 2.74 bits per heavy atom. The zero-order valence-electron chi connectivity index (χ0n) is 18.2. The molecule has 1 aromatic rings. The number of pyridine rings is 1. The molecule has 2 N–H and O–H groups in total. The zero-order chi connectivity index (χ0) is 22.0. The summed E-state index contributed by atoms with van der Waals surface area (Å²) in [5, 5.41) is 6.95. The van der Waals surface area contributed by atoms with Crippen molar-refractivity contribution in [2.24, 2.45) is 5.41 Å². The smallest absolute Gasteiger partial charge is 0.384 e. The van der Waals surface area contributed by atoms with Gasteiger partial charge in [-0.2, -0.15) is 13.2 Å². The van der Waals surface area contributed by atoms with E-state index in [9.17, 15) is 13.2 Å². The van der Waals surface area contributed by atoms with E-state index in [0.29, 0.717) is 12.1 Å². The maximum atomic E-state index is 13.2. The van der Waals surface area contributed by atoms with E-state index in [1.807, 2.05) is 0 Å². The largest absolute Gasteiger partial charge is 0.418 e. The molecule has 4 nitrogen and oxygen atoms in total. The second kappa shape index (κ2) is 8.94. The SMILES string of the molecule is Cc1ncc(CNCC[C@@]2(C3=CC=CCN3)CCOC3(CCCC3)C2)cc1C(F)(F)F. The first kappa shape index (κ1) is 22.3.